The first-order valence-electron chi connectivity index (χ1n) is 16.3. The van der Waals surface area contributed by atoms with Crippen LogP contribution in [-0.4, -0.2) is 81.1 Å². The molecule has 48 heavy (non-hydrogen) atoms. The number of aryl methyl sites for hydroxylation is 2. The summed E-state index contributed by atoms with van der Waals surface area (Å²) in [6.45, 7) is 2.27. The lowest BCUT2D eigenvalue weighted by molar-refractivity contribution is -0.131. The zero-order chi connectivity index (χ0) is 33.0. The summed E-state index contributed by atoms with van der Waals surface area (Å²) in [5.41, 5.74) is 5.87. The first-order chi connectivity index (χ1) is 23.5. The lowest BCUT2D eigenvalue weighted by Gasteiger charge is -2.38. The molecule has 0 saturated heterocycles. The molecule has 11 nitrogen and oxygen atoms in total. The van der Waals surface area contributed by atoms with Crippen LogP contribution in [0, 0.1) is 0 Å². The van der Waals surface area contributed by atoms with Crippen molar-refractivity contribution >= 4 is 22.8 Å². The third-order valence-corrected chi connectivity index (χ3v) is 9.01. The predicted octanol–water partition coefficient (Wildman–Crippen LogP) is 4.78. The number of hydrogen-bond acceptors (Lipinski definition) is 8. The number of carbonyl (C=O) groups excluding carboxylic acids is 2. The fourth-order valence-corrected chi connectivity index (χ4v) is 6.57. The highest BCUT2D eigenvalue weighted by atomic mass is 16.5. The molecule has 2 amide bonds. The van der Waals surface area contributed by atoms with E-state index in [0.717, 1.165) is 39.2 Å². The zero-order valence-electron chi connectivity index (χ0n) is 27.2. The quantitative estimate of drug-likeness (QED) is 0.268. The van der Waals surface area contributed by atoms with Crippen molar-refractivity contribution in [2.24, 2.45) is 7.05 Å². The molecule has 246 valence electrons. The molecule has 2 aromatic heterocycles. The second-order valence-electron chi connectivity index (χ2n) is 12.1. The van der Waals surface area contributed by atoms with Crippen molar-refractivity contribution in [1.29, 1.82) is 0 Å². The summed E-state index contributed by atoms with van der Waals surface area (Å²) >= 11 is 0. The van der Waals surface area contributed by atoms with Crippen LogP contribution in [0.4, 0.5) is 0 Å². The van der Waals surface area contributed by atoms with Crippen molar-refractivity contribution in [2.45, 2.75) is 31.7 Å². The molecule has 0 saturated carbocycles. The van der Waals surface area contributed by atoms with E-state index in [1.54, 1.807) is 24.2 Å². The Morgan fingerprint density at radius 3 is 2.54 bits per heavy atom. The van der Waals surface area contributed by atoms with Gasteiger partial charge in [-0.25, -0.2) is 15.0 Å². The Morgan fingerprint density at radius 2 is 1.73 bits per heavy atom. The van der Waals surface area contributed by atoms with Crippen LogP contribution < -0.4 is 14.2 Å². The topological polar surface area (TPSA) is 112 Å². The van der Waals surface area contributed by atoms with Crippen molar-refractivity contribution in [1.82, 2.24) is 29.3 Å². The smallest absolute Gasteiger partial charge is 0.272 e. The largest absolute Gasteiger partial charge is 0.494 e. The SMILES string of the molecule is COc1nc2ccccc2nc1CCC(=O)N1CCCOc2cccc(c2)C2c3ccc(cc3CCN2C(=O)c2cncn2C)OCC1. The molecule has 0 fully saturated rings. The molecule has 0 N–H and O–H groups in total. The Labute approximate surface area is 279 Å². The number of benzene rings is 3. The fourth-order valence-electron chi connectivity index (χ4n) is 6.57. The van der Waals surface area contributed by atoms with E-state index in [1.807, 2.05) is 71.4 Å². The normalized spacial score (nSPS) is 16.3. The Balaban J connectivity index is 1.11. The molecule has 1 atom stereocenters. The molecule has 3 aromatic carbocycles. The minimum atomic E-state index is -0.291. The van der Waals surface area contributed by atoms with E-state index in [4.69, 9.17) is 19.2 Å². The standard InChI is InChI=1S/C37H38N6O5/c1-41-24-38-23-33(41)37(45)43-17-15-25-21-28-11-12-29(25)35(43)26-7-5-8-27(22-26)47-19-6-16-42(18-20-48-28)34(44)14-13-32-36(46-2)40-31-10-4-3-9-30(31)39-32/h3-5,7-12,21-24,35H,6,13-20H2,1-2H3. The van der Waals surface area contributed by atoms with Gasteiger partial charge in [0.25, 0.3) is 5.91 Å². The highest BCUT2D eigenvalue weighted by molar-refractivity contribution is 5.93. The average molecular weight is 647 g/mol. The van der Waals surface area contributed by atoms with Gasteiger partial charge in [0.05, 0.1) is 49.9 Å². The van der Waals surface area contributed by atoms with E-state index in [0.29, 0.717) is 69.4 Å². The van der Waals surface area contributed by atoms with Gasteiger partial charge in [-0.15, -0.1) is 0 Å². The molecule has 6 bridgehead atoms. The number of carbonyl (C=O) groups is 2. The molecular weight excluding hydrogens is 608 g/mol. The predicted molar refractivity (Wildman–Crippen MR) is 179 cm³/mol. The third-order valence-electron chi connectivity index (χ3n) is 9.01. The van der Waals surface area contributed by atoms with E-state index in [9.17, 15) is 9.59 Å². The summed E-state index contributed by atoms with van der Waals surface area (Å²) in [5, 5.41) is 0. The molecule has 3 aliphatic rings. The maximum atomic E-state index is 13.8. The van der Waals surface area contributed by atoms with Gasteiger partial charge < -0.3 is 28.6 Å². The molecule has 5 aromatic rings. The van der Waals surface area contributed by atoms with E-state index in [2.05, 4.69) is 22.1 Å². The van der Waals surface area contributed by atoms with E-state index in [1.165, 1.54) is 0 Å². The number of aromatic nitrogens is 4. The van der Waals surface area contributed by atoms with Crippen LogP contribution in [0.1, 0.15) is 51.8 Å². The minimum Gasteiger partial charge on any atom is -0.494 e. The number of para-hydroxylation sites is 2. The van der Waals surface area contributed by atoms with Crippen LogP contribution in [0.5, 0.6) is 17.4 Å². The van der Waals surface area contributed by atoms with E-state index >= 15 is 0 Å². The zero-order valence-corrected chi connectivity index (χ0v) is 27.2. The highest BCUT2D eigenvalue weighted by Gasteiger charge is 2.34. The molecule has 5 heterocycles. The Bertz CT molecular complexity index is 1960. The summed E-state index contributed by atoms with van der Waals surface area (Å²) in [6.07, 6.45) is 5.27. The molecular formula is C37H38N6O5. The van der Waals surface area contributed by atoms with Gasteiger partial charge >= 0.3 is 0 Å². The second-order valence-corrected chi connectivity index (χ2v) is 12.1. The van der Waals surface area contributed by atoms with Crippen LogP contribution in [0.15, 0.2) is 79.3 Å². The molecule has 0 radical (unpaired) electrons. The van der Waals surface area contributed by atoms with Crippen LogP contribution in [0.25, 0.3) is 11.0 Å². The van der Waals surface area contributed by atoms with Gasteiger partial charge in [0.2, 0.25) is 11.8 Å². The number of nitrogens with zero attached hydrogens (tertiary/aromatic N) is 6. The number of hydrogen-bond donors (Lipinski definition) is 0. The summed E-state index contributed by atoms with van der Waals surface area (Å²) in [7, 11) is 3.40. The number of amides is 2. The van der Waals surface area contributed by atoms with Crippen LogP contribution in [0.2, 0.25) is 0 Å². The Hall–Kier alpha value is -5.45. The maximum Gasteiger partial charge on any atom is 0.272 e. The summed E-state index contributed by atoms with van der Waals surface area (Å²) < 4.78 is 19.7. The summed E-state index contributed by atoms with van der Waals surface area (Å²) in [4.78, 5) is 44.6. The van der Waals surface area contributed by atoms with Crippen molar-refractivity contribution in [3.05, 3.63) is 107 Å². The van der Waals surface area contributed by atoms with Crippen molar-refractivity contribution < 1.29 is 23.8 Å². The van der Waals surface area contributed by atoms with E-state index in [-0.39, 0.29) is 24.3 Å². The van der Waals surface area contributed by atoms with Gasteiger partial charge in [0.1, 0.15) is 29.5 Å². The molecule has 0 spiro atoms. The molecule has 8 rings (SSSR count). The first-order valence-corrected chi connectivity index (χ1v) is 16.3. The highest BCUT2D eigenvalue weighted by Crippen LogP contribution is 2.38. The van der Waals surface area contributed by atoms with Gasteiger partial charge in [-0.1, -0.05) is 30.3 Å². The number of ether oxygens (including phenoxy) is 3. The van der Waals surface area contributed by atoms with Crippen molar-refractivity contribution in [3.8, 4) is 17.4 Å². The molecule has 3 aliphatic heterocycles. The molecule has 1 unspecified atom stereocenters. The second kappa shape index (κ2) is 13.7. The summed E-state index contributed by atoms with van der Waals surface area (Å²) in [5.74, 6) is 1.84. The van der Waals surface area contributed by atoms with Crippen molar-refractivity contribution in [3.63, 3.8) is 0 Å². The minimum absolute atomic E-state index is 0.00480. The Morgan fingerprint density at radius 1 is 0.917 bits per heavy atom. The lowest BCUT2D eigenvalue weighted by Crippen LogP contribution is -2.41. The first kappa shape index (κ1) is 31.2. The number of rotatable bonds is 5. The average Bonchev–Trinajstić information content (AvgIpc) is 3.55. The lowest BCUT2D eigenvalue weighted by atomic mass is 9.87. The molecule has 0 aliphatic carbocycles. The summed E-state index contributed by atoms with van der Waals surface area (Å²) in [6, 6.07) is 21.4. The van der Waals surface area contributed by atoms with Gasteiger partial charge in [0, 0.05) is 33.0 Å². The third kappa shape index (κ3) is 6.40. The van der Waals surface area contributed by atoms with Gasteiger partial charge in [0.15, 0.2) is 0 Å². The monoisotopic (exact) mass is 646 g/mol. The van der Waals surface area contributed by atoms with Crippen LogP contribution in [0.3, 0.4) is 0 Å². The Kier molecular flexibility index (Phi) is 8.91. The van der Waals surface area contributed by atoms with Crippen molar-refractivity contribution in [2.75, 3.05) is 40.0 Å². The fraction of sp³-hybridized carbons (Fsp3) is 0.324. The van der Waals surface area contributed by atoms with Gasteiger partial charge in [-0.05, 0) is 65.9 Å². The van der Waals surface area contributed by atoms with Crippen LogP contribution in [-0.2, 0) is 24.7 Å². The molecule has 11 heteroatoms. The number of fused-ring (bicyclic) bond motifs is 9. The van der Waals surface area contributed by atoms with Crippen LogP contribution >= 0.6 is 0 Å². The number of imidazole rings is 1. The number of methoxy groups -OCH3 is 1. The van der Waals surface area contributed by atoms with Gasteiger partial charge in [-0.2, -0.15) is 0 Å². The maximum absolute atomic E-state index is 13.8. The van der Waals surface area contributed by atoms with Gasteiger partial charge in [-0.3, -0.25) is 9.59 Å². The van der Waals surface area contributed by atoms with E-state index < -0.39 is 0 Å².